The zero-order valence-electron chi connectivity index (χ0n) is 15.3. The molecule has 0 heterocycles. The number of alkyl carbamates (subject to hydrolysis) is 1. The molecule has 0 spiro atoms. The lowest BCUT2D eigenvalue weighted by atomic mass is 9.89. The normalized spacial score (nSPS) is 23.1. The summed E-state index contributed by atoms with van der Waals surface area (Å²) < 4.78 is 5.53. The van der Waals surface area contributed by atoms with E-state index in [0.717, 1.165) is 6.42 Å². The van der Waals surface area contributed by atoms with Crippen molar-refractivity contribution in [3.63, 3.8) is 0 Å². The Bertz CT molecular complexity index is 605. The molecule has 1 fully saturated rings. The molecule has 0 bridgehead atoms. The summed E-state index contributed by atoms with van der Waals surface area (Å²) in [5.74, 6) is 0. The van der Waals surface area contributed by atoms with Crippen molar-refractivity contribution < 1.29 is 24.5 Å². The summed E-state index contributed by atoms with van der Waals surface area (Å²) in [5, 5.41) is 24.0. The number of aliphatic hydroxyl groups excluding tert-OH is 1. The van der Waals surface area contributed by atoms with Gasteiger partial charge in [-0.2, -0.15) is 0 Å². The Morgan fingerprint density at radius 2 is 1.88 bits per heavy atom. The van der Waals surface area contributed by atoms with Gasteiger partial charge in [0.25, 0.3) is 0 Å². The van der Waals surface area contributed by atoms with E-state index in [9.17, 15) is 14.7 Å². The molecule has 144 valence electrons. The third kappa shape index (κ3) is 6.55. The lowest BCUT2D eigenvalue weighted by Gasteiger charge is -2.34. The molecule has 0 unspecified atom stereocenters. The van der Waals surface area contributed by atoms with Crippen LogP contribution in [-0.2, 0) is 11.2 Å². The molecule has 3 atom stereocenters. The predicted molar refractivity (Wildman–Crippen MR) is 97.1 cm³/mol. The molecule has 0 radical (unpaired) electrons. The van der Waals surface area contributed by atoms with Gasteiger partial charge in [0.05, 0.1) is 12.1 Å². The largest absolute Gasteiger partial charge is 0.465 e. The third-order valence-corrected chi connectivity index (χ3v) is 4.68. The molecular weight excluding hydrogens is 336 g/mol. The van der Waals surface area contributed by atoms with Crippen molar-refractivity contribution >= 4 is 12.2 Å². The van der Waals surface area contributed by atoms with E-state index in [0.29, 0.717) is 19.3 Å². The summed E-state index contributed by atoms with van der Waals surface area (Å²) in [6, 6.07) is 9.27. The molecule has 0 aromatic heterocycles. The highest BCUT2D eigenvalue weighted by atomic mass is 16.6. The lowest BCUT2D eigenvalue weighted by molar-refractivity contribution is 0.0190. The molecule has 2 amide bonds. The number of nitrogens with one attached hydrogen (secondary N) is 2. The Balaban J connectivity index is 1.77. The van der Waals surface area contributed by atoms with E-state index in [1.807, 2.05) is 44.2 Å². The number of aliphatic hydroxyl groups is 1. The fraction of sp³-hybridized carbons (Fsp3) is 0.579. The first-order valence-electron chi connectivity index (χ1n) is 8.96. The van der Waals surface area contributed by atoms with Crippen molar-refractivity contribution in [3.8, 4) is 0 Å². The number of amides is 2. The number of carbonyl (C=O) groups excluding carboxylic acids is 1. The third-order valence-electron chi connectivity index (χ3n) is 4.68. The van der Waals surface area contributed by atoms with E-state index >= 15 is 0 Å². The molecule has 1 aliphatic rings. The van der Waals surface area contributed by atoms with Crippen LogP contribution in [0.5, 0.6) is 0 Å². The number of carboxylic acid groups (broad SMARTS) is 1. The molecule has 1 aromatic rings. The molecule has 1 aliphatic carbocycles. The average Bonchev–Trinajstić information content (AvgIpc) is 2.55. The van der Waals surface area contributed by atoms with Crippen LogP contribution in [0.2, 0.25) is 0 Å². The Hall–Kier alpha value is -2.28. The fourth-order valence-electron chi connectivity index (χ4n) is 3.19. The van der Waals surface area contributed by atoms with Gasteiger partial charge in [0.2, 0.25) is 0 Å². The van der Waals surface area contributed by atoms with Gasteiger partial charge in [-0.25, -0.2) is 9.59 Å². The lowest BCUT2D eigenvalue weighted by Crippen LogP contribution is -2.52. The number of aryl methyl sites for hydroxylation is 1. The molecule has 7 heteroatoms. The van der Waals surface area contributed by atoms with Crippen molar-refractivity contribution in [2.45, 2.75) is 69.7 Å². The van der Waals surface area contributed by atoms with E-state index in [4.69, 9.17) is 9.84 Å². The molecule has 7 nitrogen and oxygen atoms in total. The predicted octanol–water partition coefficient (Wildman–Crippen LogP) is 2.67. The molecule has 1 aromatic carbocycles. The zero-order valence-corrected chi connectivity index (χ0v) is 15.3. The van der Waals surface area contributed by atoms with E-state index in [2.05, 4.69) is 10.6 Å². The Morgan fingerprint density at radius 3 is 2.50 bits per heavy atom. The first-order chi connectivity index (χ1) is 12.2. The molecule has 4 N–H and O–H groups in total. The highest BCUT2D eigenvalue weighted by Crippen LogP contribution is 2.21. The van der Waals surface area contributed by atoms with Crippen LogP contribution in [0.15, 0.2) is 30.3 Å². The quantitative estimate of drug-likeness (QED) is 0.621. The van der Waals surface area contributed by atoms with Crippen LogP contribution in [-0.4, -0.2) is 46.2 Å². The van der Waals surface area contributed by atoms with Gasteiger partial charge in [-0.3, -0.25) is 0 Å². The van der Waals surface area contributed by atoms with Crippen LogP contribution >= 0.6 is 0 Å². The highest BCUT2D eigenvalue weighted by Gasteiger charge is 2.32. The molecular formula is C19H28N2O5. The number of carbonyl (C=O) groups is 2. The smallest absolute Gasteiger partial charge is 0.407 e. The number of benzene rings is 1. The Kier molecular flexibility index (Phi) is 6.85. The topological polar surface area (TPSA) is 108 Å². The first-order valence-corrected chi connectivity index (χ1v) is 8.96. The monoisotopic (exact) mass is 364 g/mol. The second kappa shape index (κ2) is 8.89. The van der Waals surface area contributed by atoms with Crippen LogP contribution in [0, 0.1) is 0 Å². The second-order valence-electron chi connectivity index (χ2n) is 7.41. The summed E-state index contributed by atoms with van der Waals surface area (Å²) in [4.78, 5) is 22.9. The molecule has 26 heavy (non-hydrogen) atoms. The molecule has 0 saturated heterocycles. The van der Waals surface area contributed by atoms with E-state index in [1.54, 1.807) is 0 Å². The van der Waals surface area contributed by atoms with Gasteiger partial charge in [-0.15, -0.1) is 0 Å². The molecule has 0 aliphatic heterocycles. The van der Waals surface area contributed by atoms with Gasteiger partial charge >= 0.3 is 12.2 Å². The van der Waals surface area contributed by atoms with E-state index in [-0.39, 0.29) is 12.5 Å². The summed E-state index contributed by atoms with van der Waals surface area (Å²) >= 11 is 0. The minimum atomic E-state index is -1.10. The maximum absolute atomic E-state index is 12.2. The van der Waals surface area contributed by atoms with Crippen LogP contribution in [0.4, 0.5) is 9.59 Å². The summed E-state index contributed by atoms with van der Waals surface area (Å²) in [5.41, 5.74) is 0.552. The van der Waals surface area contributed by atoms with Crippen molar-refractivity contribution in [2.75, 3.05) is 0 Å². The molecule has 1 saturated carbocycles. The Morgan fingerprint density at radius 1 is 1.19 bits per heavy atom. The van der Waals surface area contributed by atoms with Gasteiger partial charge in [0.15, 0.2) is 0 Å². The second-order valence-corrected chi connectivity index (χ2v) is 7.41. The van der Waals surface area contributed by atoms with Crippen LogP contribution in [0.1, 0.15) is 45.1 Å². The number of hydrogen-bond acceptors (Lipinski definition) is 4. The van der Waals surface area contributed by atoms with E-state index < -0.39 is 29.9 Å². The van der Waals surface area contributed by atoms with Gasteiger partial charge < -0.3 is 25.6 Å². The van der Waals surface area contributed by atoms with Crippen molar-refractivity contribution in [2.24, 2.45) is 0 Å². The number of ether oxygens (including phenoxy) is 1. The summed E-state index contributed by atoms with van der Waals surface area (Å²) in [6.07, 6.45) is 0.342. The van der Waals surface area contributed by atoms with Gasteiger partial charge in [0, 0.05) is 6.04 Å². The maximum atomic E-state index is 12.2. The van der Waals surface area contributed by atoms with Gasteiger partial charge in [0.1, 0.15) is 5.60 Å². The first kappa shape index (κ1) is 20.0. The van der Waals surface area contributed by atoms with Crippen molar-refractivity contribution in [3.05, 3.63) is 35.9 Å². The maximum Gasteiger partial charge on any atom is 0.407 e. The minimum Gasteiger partial charge on any atom is -0.465 e. The number of rotatable bonds is 6. The summed E-state index contributed by atoms with van der Waals surface area (Å²) in [6.45, 7) is 3.72. The molecule has 2 rings (SSSR count). The SMILES string of the molecule is CC(C)(CCc1ccccc1)OC(=O)N[C@H]1CC[C@H](NC(=O)O)C[C@@H]1O. The highest BCUT2D eigenvalue weighted by molar-refractivity contribution is 5.68. The Labute approximate surface area is 153 Å². The summed E-state index contributed by atoms with van der Waals surface area (Å²) in [7, 11) is 0. The zero-order chi connectivity index (χ0) is 19.2. The average molecular weight is 364 g/mol. The van der Waals surface area contributed by atoms with Crippen molar-refractivity contribution in [1.29, 1.82) is 0 Å². The minimum absolute atomic E-state index is 0.272. The van der Waals surface area contributed by atoms with Gasteiger partial charge in [-0.05, 0) is 51.5 Å². The van der Waals surface area contributed by atoms with Crippen LogP contribution < -0.4 is 10.6 Å². The van der Waals surface area contributed by atoms with Gasteiger partial charge in [-0.1, -0.05) is 30.3 Å². The fourth-order valence-corrected chi connectivity index (χ4v) is 3.19. The number of hydrogen-bond donors (Lipinski definition) is 4. The van der Waals surface area contributed by atoms with Crippen molar-refractivity contribution in [1.82, 2.24) is 10.6 Å². The van der Waals surface area contributed by atoms with Crippen LogP contribution in [0.3, 0.4) is 0 Å². The van der Waals surface area contributed by atoms with Crippen LogP contribution in [0.25, 0.3) is 0 Å². The van der Waals surface area contributed by atoms with E-state index in [1.165, 1.54) is 5.56 Å². The standard InChI is InChI=1S/C19H28N2O5/c1-19(2,11-10-13-6-4-3-5-7-13)26-18(25)21-15-9-8-14(12-16(15)22)20-17(23)24/h3-7,14-16,20,22H,8-12H2,1-2H3,(H,21,25)(H,23,24)/t14-,15-,16-/m0/s1.